The molecule has 1 amide bonds. The fraction of sp³-hybridized carbons (Fsp3) is 0.500. The van der Waals surface area contributed by atoms with Crippen molar-refractivity contribution >= 4 is 6.09 Å². The van der Waals surface area contributed by atoms with Crippen LogP contribution in [0.15, 0.2) is 37.1 Å². The fourth-order valence-electron chi connectivity index (χ4n) is 2.79. The van der Waals surface area contributed by atoms with Crippen molar-refractivity contribution in [2.45, 2.75) is 24.9 Å². The number of nitrogens with zero attached hydrogens (tertiary/aromatic N) is 2. The third-order valence-corrected chi connectivity index (χ3v) is 3.51. The standard InChI is InChI=1S/C14H20N2O2/c1-4-5-6-11(2)18-14(17)16-12-7-8-13(16)10-15(3)9-12/h4-6,12-13H,1-2,7-10H2,3H3/b6-5-. The monoisotopic (exact) mass is 248 g/mol. The Balaban J connectivity index is 1.96. The van der Waals surface area contributed by atoms with Crippen molar-refractivity contribution in [1.29, 1.82) is 0 Å². The van der Waals surface area contributed by atoms with E-state index in [4.69, 9.17) is 4.74 Å². The van der Waals surface area contributed by atoms with Gasteiger partial charge in [-0.3, -0.25) is 4.90 Å². The number of allylic oxidation sites excluding steroid dienone is 3. The molecule has 2 aliphatic heterocycles. The van der Waals surface area contributed by atoms with Gasteiger partial charge in [0.15, 0.2) is 0 Å². The molecule has 4 heteroatoms. The Morgan fingerprint density at radius 3 is 2.50 bits per heavy atom. The quantitative estimate of drug-likeness (QED) is 0.567. The summed E-state index contributed by atoms with van der Waals surface area (Å²) in [5.74, 6) is 0.359. The first-order valence-electron chi connectivity index (χ1n) is 6.28. The number of rotatable bonds is 3. The molecule has 0 spiro atoms. The first kappa shape index (κ1) is 12.9. The van der Waals surface area contributed by atoms with Crippen LogP contribution < -0.4 is 0 Å². The van der Waals surface area contributed by atoms with E-state index in [1.165, 1.54) is 0 Å². The third kappa shape index (κ3) is 2.64. The van der Waals surface area contributed by atoms with Gasteiger partial charge < -0.3 is 9.64 Å². The Kier molecular flexibility index (Phi) is 3.87. The second-order valence-corrected chi connectivity index (χ2v) is 4.94. The predicted octanol–water partition coefficient (Wildman–Crippen LogP) is 2.16. The molecule has 0 aromatic carbocycles. The van der Waals surface area contributed by atoms with Gasteiger partial charge in [-0.2, -0.15) is 0 Å². The zero-order chi connectivity index (χ0) is 13.1. The average Bonchev–Trinajstić information content (AvgIpc) is 2.59. The van der Waals surface area contributed by atoms with E-state index in [2.05, 4.69) is 25.1 Å². The molecule has 2 bridgehead atoms. The smallest absolute Gasteiger partial charge is 0.411 e. The van der Waals surface area contributed by atoms with Gasteiger partial charge in [0.2, 0.25) is 0 Å². The zero-order valence-corrected chi connectivity index (χ0v) is 10.8. The molecular formula is C14H20N2O2. The Labute approximate surface area is 108 Å². The summed E-state index contributed by atoms with van der Waals surface area (Å²) < 4.78 is 5.25. The molecule has 2 aliphatic rings. The van der Waals surface area contributed by atoms with Crippen molar-refractivity contribution in [3.63, 3.8) is 0 Å². The summed E-state index contributed by atoms with van der Waals surface area (Å²) >= 11 is 0. The highest BCUT2D eigenvalue weighted by atomic mass is 16.6. The van der Waals surface area contributed by atoms with E-state index in [0.29, 0.717) is 5.76 Å². The summed E-state index contributed by atoms with van der Waals surface area (Å²) in [6, 6.07) is 0.579. The molecule has 0 saturated carbocycles. The summed E-state index contributed by atoms with van der Waals surface area (Å²) in [6.45, 7) is 9.12. The topological polar surface area (TPSA) is 32.8 Å². The van der Waals surface area contributed by atoms with Crippen LogP contribution >= 0.6 is 0 Å². The van der Waals surface area contributed by atoms with E-state index in [9.17, 15) is 4.79 Å². The number of ether oxygens (including phenoxy) is 1. The number of carbonyl (C=O) groups is 1. The molecule has 0 N–H and O–H groups in total. The maximum absolute atomic E-state index is 12.1. The van der Waals surface area contributed by atoms with Crippen molar-refractivity contribution in [2.75, 3.05) is 20.1 Å². The van der Waals surface area contributed by atoms with E-state index in [-0.39, 0.29) is 18.2 Å². The molecule has 2 saturated heterocycles. The molecule has 2 rings (SSSR count). The van der Waals surface area contributed by atoms with Crippen LogP contribution in [-0.2, 0) is 4.74 Å². The van der Waals surface area contributed by atoms with Crippen LogP contribution in [0, 0.1) is 0 Å². The Hall–Kier alpha value is -1.55. The fourth-order valence-corrected chi connectivity index (χ4v) is 2.79. The zero-order valence-electron chi connectivity index (χ0n) is 10.8. The molecule has 2 atom stereocenters. The van der Waals surface area contributed by atoms with Gasteiger partial charge in [-0.1, -0.05) is 25.3 Å². The lowest BCUT2D eigenvalue weighted by atomic mass is 10.2. The number of hydrogen-bond acceptors (Lipinski definition) is 3. The van der Waals surface area contributed by atoms with Crippen LogP contribution in [0.2, 0.25) is 0 Å². The number of amides is 1. The minimum Gasteiger partial charge on any atom is -0.411 e. The van der Waals surface area contributed by atoms with Gasteiger partial charge >= 0.3 is 6.09 Å². The highest BCUT2D eigenvalue weighted by Crippen LogP contribution is 2.30. The number of carbonyl (C=O) groups excluding carboxylic acids is 1. The van der Waals surface area contributed by atoms with Crippen molar-refractivity contribution < 1.29 is 9.53 Å². The van der Waals surface area contributed by atoms with Crippen LogP contribution in [0.4, 0.5) is 4.79 Å². The van der Waals surface area contributed by atoms with Gasteiger partial charge in [0.05, 0.1) is 0 Å². The second kappa shape index (κ2) is 5.40. The number of likely N-dealkylation sites (N-methyl/N-ethyl adjacent to an activating group) is 1. The summed E-state index contributed by atoms with van der Waals surface area (Å²) in [6.07, 6.45) is 6.84. The van der Waals surface area contributed by atoms with Gasteiger partial charge in [0.1, 0.15) is 5.76 Å². The van der Waals surface area contributed by atoms with Crippen LogP contribution in [0.1, 0.15) is 12.8 Å². The summed E-state index contributed by atoms with van der Waals surface area (Å²) in [7, 11) is 2.10. The lowest BCUT2D eigenvalue weighted by Gasteiger charge is -2.38. The summed E-state index contributed by atoms with van der Waals surface area (Å²) in [4.78, 5) is 16.3. The molecule has 4 nitrogen and oxygen atoms in total. The van der Waals surface area contributed by atoms with Gasteiger partial charge in [-0.25, -0.2) is 4.79 Å². The minimum absolute atomic E-state index is 0.269. The van der Waals surface area contributed by atoms with Crippen molar-refractivity contribution in [3.05, 3.63) is 37.1 Å². The number of fused-ring (bicyclic) bond motifs is 2. The molecule has 2 heterocycles. The Morgan fingerprint density at radius 1 is 1.33 bits per heavy atom. The number of likely N-dealkylation sites (tertiary alicyclic amines) is 1. The highest BCUT2D eigenvalue weighted by molar-refractivity contribution is 5.70. The van der Waals surface area contributed by atoms with Crippen LogP contribution in [0.3, 0.4) is 0 Å². The lowest BCUT2D eigenvalue weighted by Crippen LogP contribution is -2.54. The Bertz CT molecular complexity index is 375. The summed E-state index contributed by atoms with van der Waals surface area (Å²) in [5.41, 5.74) is 0. The molecule has 2 unspecified atom stereocenters. The van der Waals surface area contributed by atoms with Gasteiger partial charge in [-0.15, -0.1) is 0 Å². The van der Waals surface area contributed by atoms with Crippen molar-refractivity contribution in [3.8, 4) is 0 Å². The predicted molar refractivity (Wildman–Crippen MR) is 71.1 cm³/mol. The SMILES string of the molecule is C=C/C=C\C(=C)OC(=O)N1C2CCC1CN(C)C2. The molecule has 0 aromatic rings. The van der Waals surface area contributed by atoms with E-state index < -0.39 is 0 Å². The van der Waals surface area contributed by atoms with Crippen molar-refractivity contribution in [2.24, 2.45) is 0 Å². The number of hydrogen-bond donors (Lipinski definition) is 0. The maximum Gasteiger partial charge on any atom is 0.415 e. The van der Waals surface area contributed by atoms with Crippen molar-refractivity contribution in [1.82, 2.24) is 9.80 Å². The molecule has 98 valence electrons. The van der Waals surface area contributed by atoms with Gasteiger partial charge in [0, 0.05) is 25.2 Å². The molecule has 0 radical (unpaired) electrons. The molecule has 0 aromatic heterocycles. The largest absolute Gasteiger partial charge is 0.415 e. The lowest BCUT2D eigenvalue weighted by molar-refractivity contribution is 0.0656. The first-order chi connectivity index (χ1) is 8.61. The van der Waals surface area contributed by atoms with E-state index in [0.717, 1.165) is 25.9 Å². The van der Waals surface area contributed by atoms with Crippen LogP contribution in [0.5, 0.6) is 0 Å². The minimum atomic E-state index is -0.269. The third-order valence-electron chi connectivity index (χ3n) is 3.51. The molecule has 18 heavy (non-hydrogen) atoms. The first-order valence-corrected chi connectivity index (χ1v) is 6.28. The van der Waals surface area contributed by atoms with Gasteiger partial charge in [-0.05, 0) is 26.0 Å². The van der Waals surface area contributed by atoms with E-state index in [1.807, 2.05) is 4.90 Å². The Morgan fingerprint density at radius 2 is 1.94 bits per heavy atom. The van der Waals surface area contributed by atoms with Crippen LogP contribution in [-0.4, -0.2) is 48.1 Å². The second-order valence-electron chi connectivity index (χ2n) is 4.94. The van der Waals surface area contributed by atoms with Crippen LogP contribution in [0.25, 0.3) is 0 Å². The van der Waals surface area contributed by atoms with Gasteiger partial charge in [0.25, 0.3) is 0 Å². The van der Waals surface area contributed by atoms with E-state index in [1.54, 1.807) is 18.2 Å². The maximum atomic E-state index is 12.1. The highest BCUT2D eigenvalue weighted by Gasteiger charge is 2.42. The molecule has 0 aliphatic carbocycles. The molecular weight excluding hydrogens is 228 g/mol. The summed E-state index contributed by atoms with van der Waals surface area (Å²) in [5, 5.41) is 0. The normalized spacial score (nSPS) is 27.5. The van der Waals surface area contributed by atoms with E-state index >= 15 is 0 Å². The average molecular weight is 248 g/mol. The molecule has 2 fully saturated rings. The number of piperazine rings is 1.